The normalized spacial score (nSPS) is 25.8. The molecule has 2 fully saturated rings. The van der Waals surface area contributed by atoms with Crippen LogP contribution in [0.1, 0.15) is 30.7 Å². The van der Waals surface area contributed by atoms with Crippen LogP contribution < -0.4 is 5.32 Å². The van der Waals surface area contributed by atoms with Crippen molar-refractivity contribution in [3.8, 4) is 0 Å². The zero-order valence-electron chi connectivity index (χ0n) is 11.2. The van der Waals surface area contributed by atoms with E-state index in [1.807, 2.05) is 5.38 Å². The Kier molecular flexibility index (Phi) is 4.25. The van der Waals surface area contributed by atoms with Crippen molar-refractivity contribution < 1.29 is 4.79 Å². The first-order valence-electron chi connectivity index (χ1n) is 7.22. The molecule has 3 heterocycles. The molecule has 1 atom stereocenters. The first-order chi connectivity index (χ1) is 9.34. The molecular weight excluding hydrogens is 258 g/mol. The van der Waals surface area contributed by atoms with E-state index in [-0.39, 0.29) is 6.04 Å². The third-order valence-corrected chi connectivity index (χ3v) is 5.03. The molecule has 1 aromatic rings. The number of ketones is 1. The van der Waals surface area contributed by atoms with Gasteiger partial charge in [0.2, 0.25) is 0 Å². The molecular formula is C14H21N3OS. The van der Waals surface area contributed by atoms with Crippen LogP contribution in [0.5, 0.6) is 0 Å². The fraction of sp³-hybridized carbons (Fsp3) is 0.714. The van der Waals surface area contributed by atoms with E-state index in [2.05, 4.69) is 15.2 Å². The highest BCUT2D eigenvalue weighted by atomic mass is 32.1. The summed E-state index contributed by atoms with van der Waals surface area (Å²) in [4.78, 5) is 19.2. The maximum atomic E-state index is 12.5. The number of nitrogens with zero attached hydrogens (tertiary/aromatic N) is 2. The number of Topliss-reactive ketones (excluding diaryl/α,β-unsaturated/α-hetero) is 1. The number of hydrogen-bond acceptors (Lipinski definition) is 5. The van der Waals surface area contributed by atoms with Gasteiger partial charge in [-0.1, -0.05) is 0 Å². The minimum Gasteiger partial charge on any atom is -0.317 e. The Morgan fingerprint density at radius 3 is 3.00 bits per heavy atom. The van der Waals surface area contributed by atoms with Crippen LogP contribution in [0.25, 0.3) is 0 Å². The molecule has 1 aromatic heterocycles. The zero-order valence-corrected chi connectivity index (χ0v) is 12.0. The van der Waals surface area contributed by atoms with E-state index in [0.717, 1.165) is 37.5 Å². The van der Waals surface area contributed by atoms with Gasteiger partial charge < -0.3 is 5.32 Å². The molecule has 0 saturated carbocycles. The summed E-state index contributed by atoms with van der Waals surface area (Å²) in [6.45, 7) is 3.28. The number of thiazole rings is 1. The van der Waals surface area contributed by atoms with Crippen molar-refractivity contribution in [2.75, 3.05) is 19.6 Å². The van der Waals surface area contributed by atoms with Crippen molar-refractivity contribution >= 4 is 17.1 Å². The van der Waals surface area contributed by atoms with Gasteiger partial charge in [0.05, 0.1) is 17.5 Å². The van der Waals surface area contributed by atoms with Gasteiger partial charge in [0.15, 0.2) is 5.78 Å². The van der Waals surface area contributed by atoms with Crippen molar-refractivity contribution in [2.45, 2.75) is 44.2 Å². The Morgan fingerprint density at radius 1 is 1.42 bits per heavy atom. The van der Waals surface area contributed by atoms with E-state index in [0.29, 0.717) is 18.2 Å². The molecule has 0 amide bonds. The molecule has 0 bridgehead atoms. The highest BCUT2D eigenvalue weighted by Crippen LogP contribution is 2.26. The second-order valence-corrected chi connectivity index (χ2v) is 6.43. The first-order valence-corrected chi connectivity index (χ1v) is 8.10. The summed E-state index contributed by atoms with van der Waals surface area (Å²) in [5, 5.41) is 6.31. The number of carbonyl (C=O) groups is 1. The average molecular weight is 279 g/mol. The number of likely N-dealkylation sites (tertiary alicyclic amines) is 1. The molecule has 1 unspecified atom stereocenters. The molecule has 2 aliphatic rings. The fourth-order valence-corrected chi connectivity index (χ4v) is 3.94. The maximum absolute atomic E-state index is 12.5. The Labute approximate surface area is 118 Å². The second-order valence-electron chi connectivity index (χ2n) is 5.45. The van der Waals surface area contributed by atoms with Gasteiger partial charge in [0.1, 0.15) is 0 Å². The predicted molar refractivity (Wildman–Crippen MR) is 76.4 cm³/mol. The monoisotopic (exact) mass is 279 g/mol. The SMILES string of the molecule is O=C(Cc1nccs1)C1CCCN1C1CCNCC1. The quantitative estimate of drug-likeness (QED) is 0.906. The lowest BCUT2D eigenvalue weighted by Gasteiger charge is -2.35. The molecule has 3 rings (SSSR count). The second kappa shape index (κ2) is 6.11. The molecule has 4 nitrogen and oxygen atoms in total. The summed E-state index contributed by atoms with van der Waals surface area (Å²) in [6, 6.07) is 0.751. The average Bonchev–Trinajstić information content (AvgIpc) is 3.10. The Balaban J connectivity index is 1.63. The van der Waals surface area contributed by atoms with Crippen LogP contribution in [0.15, 0.2) is 11.6 Å². The molecule has 104 valence electrons. The van der Waals surface area contributed by atoms with E-state index in [4.69, 9.17) is 0 Å². The Hall–Kier alpha value is -0.780. The van der Waals surface area contributed by atoms with Crippen LogP contribution >= 0.6 is 11.3 Å². The van der Waals surface area contributed by atoms with Gasteiger partial charge in [-0.25, -0.2) is 4.98 Å². The lowest BCUT2D eigenvalue weighted by molar-refractivity contribution is -0.123. The van der Waals surface area contributed by atoms with Gasteiger partial charge in [0, 0.05) is 17.6 Å². The third-order valence-electron chi connectivity index (χ3n) is 4.25. The Morgan fingerprint density at radius 2 is 2.26 bits per heavy atom. The number of nitrogens with one attached hydrogen (secondary N) is 1. The minimum atomic E-state index is 0.145. The molecule has 0 spiro atoms. The molecule has 0 aliphatic carbocycles. The van der Waals surface area contributed by atoms with Gasteiger partial charge in [0.25, 0.3) is 0 Å². The van der Waals surface area contributed by atoms with Gasteiger partial charge in [-0.3, -0.25) is 9.69 Å². The highest BCUT2D eigenvalue weighted by Gasteiger charge is 2.35. The number of aromatic nitrogens is 1. The molecule has 0 aromatic carbocycles. The first kappa shape index (κ1) is 13.2. The third kappa shape index (κ3) is 3.04. The highest BCUT2D eigenvalue weighted by molar-refractivity contribution is 7.09. The molecule has 19 heavy (non-hydrogen) atoms. The molecule has 0 radical (unpaired) electrons. The lowest BCUT2D eigenvalue weighted by atomic mass is 10.0. The van der Waals surface area contributed by atoms with Crippen molar-refractivity contribution in [2.24, 2.45) is 0 Å². The van der Waals surface area contributed by atoms with Crippen LogP contribution in [-0.2, 0) is 11.2 Å². The van der Waals surface area contributed by atoms with Crippen molar-refractivity contribution in [1.82, 2.24) is 15.2 Å². The number of rotatable bonds is 4. The molecule has 5 heteroatoms. The largest absolute Gasteiger partial charge is 0.317 e. The van der Waals surface area contributed by atoms with Crippen molar-refractivity contribution in [1.29, 1.82) is 0 Å². The standard InChI is InChI=1S/C14H21N3OS/c18-13(10-14-16-7-9-19-14)12-2-1-8-17(12)11-3-5-15-6-4-11/h7,9,11-12,15H,1-6,8,10H2. The minimum absolute atomic E-state index is 0.145. The molecule has 1 N–H and O–H groups in total. The van der Waals surface area contributed by atoms with E-state index < -0.39 is 0 Å². The van der Waals surface area contributed by atoms with E-state index in [9.17, 15) is 4.79 Å². The fourth-order valence-electron chi connectivity index (χ4n) is 3.32. The molecule has 2 aliphatic heterocycles. The lowest BCUT2D eigenvalue weighted by Crippen LogP contribution is -2.48. The van der Waals surface area contributed by atoms with Crippen LogP contribution in [-0.4, -0.2) is 47.4 Å². The number of hydrogen-bond donors (Lipinski definition) is 1. The number of carbonyl (C=O) groups excluding carboxylic acids is 1. The van der Waals surface area contributed by atoms with E-state index in [1.54, 1.807) is 17.5 Å². The van der Waals surface area contributed by atoms with Gasteiger partial charge in [-0.15, -0.1) is 11.3 Å². The topological polar surface area (TPSA) is 45.2 Å². The van der Waals surface area contributed by atoms with Crippen molar-refractivity contribution in [3.63, 3.8) is 0 Å². The summed E-state index contributed by atoms with van der Waals surface area (Å²) in [5.41, 5.74) is 0. The molecule has 2 saturated heterocycles. The van der Waals surface area contributed by atoms with Crippen LogP contribution in [0, 0.1) is 0 Å². The van der Waals surface area contributed by atoms with Crippen molar-refractivity contribution in [3.05, 3.63) is 16.6 Å². The summed E-state index contributed by atoms with van der Waals surface area (Å²) >= 11 is 1.59. The van der Waals surface area contributed by atoms with Gasteiger partial charge in [-0.2, -0.15) is 0 Å². The van der Waals surface area contributed by atoms with Gasteiger partial charge in [-0.05, 0) is 45.3 Å². The summed E-state index contributed by atoms with van der Waals surface area (Å²) in [7, 11) is 0. The van der Waals surface area contributed by atoms with Gasteiger partial charge >= 0.3 is 0 Å². The zero-order chi connectivity index (χ0) is 13.1. The summed E-state index contributed by atoms with van der Waals surface area (Å²) in [6.07, 6.45) is 6.87. The summed E-state index contributed by atoms with van der Waals surface area (Å²) < 4.78 is 0. The Bertz CT molecular complexity index is 414. The van der Waals surface area contributed by atoms with E-state index >= 15 is 0 Å². The van der Waals surface area contributed by atoms with Crippen LogP contribution in [0.3, 0.4) is 0 Å². The summed E-state index contributed by atoms with van der Waals surface area (Å²) in [5.74, 6) is 0.367. The predicted octanol–water partition coefficient (Wildman–Crippen LogP) is 1.47. The number of piperidine rings is 1. The van der Waals surface area contributed by atoms with Crippen LogP contribution in [0.2, 0.25) is 0 Å². The van der Waals surface area contributed by atoms with E-state index in [1.165, 1.54) is 12.8 Å². The smallest absolute Gasteiger partial charge is 0.156 e. The maximum Gasteiger partial charge on any atom is 0.156 e. The van der Waals surface area contributed by atoms with Crippen LogP contribution in [0.4, 0.5) is 0 Å².